The second kappa shape index (κ2) is 6.96. The number of nitrogens with zero attached hydrogens (tertiary/aromatic N) is 1. The highest BCUT2D eigenvalue weighted by atomic mass is 35.5. The maximum atomic E-state index is 11.6. The van der Waals surface area contributed by atoms with Gasteiger partial charge in [0, 0.05) is 18.4 Å². The van der Waals surface area contributed by atoms with Crippen LogP contribution in [0.25, 0.3) is 0 Å². The number of rotatable bonds is 5. The quantitative estimate of drug-likeness (QED) is 0.602. The lowest BCUT2D eigenvalue weighted by molar-refractivity contribution is -0.384. The van der Waals surface area contributed by atoms with Crippen LogP contribution >= 0.6 is 23.2 Å². The molecule has 6 nitrogen and oxygen atoms in total. The molecule has 0 spiro atoms. The first kappa shape index (κ1) is 18.5. The van der Waals surface area contributed by atoms with E-state index >= 15 is 0 Å². The number of halogens is 2. The summed E-state index contributed by atoms with van der Waals surface area (Å²) in [6.45, 7) is 1.80. The van der Waals surface area contributed by atoms with Crippen molar-refractivity contribution in [3.63, 3.8) is 0 Å². The zero-order valence-electron chi connectivity index (χ0n) is 12.8. The number of hydrogen-bond acceptors (Lipinski definition) is 5. The van der Waals surface area contributed by atoms with Gasteiger partial charge in [-0.25, -0.2) is 8.42 Å². The van der Waals surface area contributed by atoms with Gasteiger partial charge in [-0.05, 0) is 36.8 Å². The van der Waals surface area contributed by atoms with E-state index in [0.29, 0.717) is 10.0 Å². The first-order chi connectivity index (χ1) is 11.1. The highest BCUT2D eigenvalue weighted by Gasteiger charge is 2.20. The van der Waals surface area contributed by atoms with E-state index in [1.165, 1.54) is 12.1 Å². The predicted octanol–water partition coefficient (Wildman–Crippen LogP) is 4.48. The Morgan fingerprint density at radius 3 is 2.33 bits per heavy atom. The van der Waals surface area contributed by atoms with E-state index in [1.807, 2.05) is 0 Å². The van der Waals surface area contributed by atoms with E-state index in [0.717, 1.165) is 17.9 Å². The maximum Gasteiger partial charge on any atom is 0.293 e. The van der Waals surface area contributed by atoms with Crippen LogP contribution in [0.4, 0.5) is 11.4 Å². The molecule has 1 atom stereocenters. The molecular weight excluding hydrogens is 375 g/mol. The number of nitrogens with one attached hydrogen (secondary N) is 1. The minimum absolute atomic E-state index is 0.109. The maximum absolute atomic E-state index is 11.6. The molecule has 0 bridgehead atoms. The van der Waals surface area contributed by atoms with Crippen molar-refractivity contribution >= 4 is 44.4 Å². The number of nitro benzene ring substituents is 1. The Morgan fingerprint density at radius 2 is 1.79 bits per heavy atom. The van der Waals surface area contributed by atoms with Crippen molar-refractivity contribution in [2.75, 3.05) is 11.6 Å². The van der Waals surface area contributed by atoms with Crippen molar-refractivity contribution in [1.82, 2.24) is 0 Å². The molecular formula is C15H14Cl2N2O4S. The highest BCUT2D eigenvalue weighted by molar-refractivity contribution is 7.90. The van der Waals surface area contributed by atoms with Crippen molar-refractivity contribution < 1.29 is 13.3 Å². The molecule has 0 fully saturated rings. The Kier molecular flexibility index (Phi) is 5.37. The summed E-state index contributed by atoms with van der Waals surface area (Å²) in [5.41, 5.74) is 0.682. The first-order valence-corrected chi connectivity index (χ1v) is 9.44. The molecule has 2 aromatic carbocycles. The van der Waals surface area contributed by atoms with E-state index in [2.05, 4.69) is 5.32 Å². The zero-order chi connectivity index (χ0) is 18.1. The van der Waals surface area contributed by atoms with Gasteiger partial charge in [-0.1, -0.05) is 29.3 Å². The molecule has 128 valence electrons. The number of benzene rings is 2. The molecule has 9 heteroatoms. The third-order valence-corrected chi connectivity index (χ3v) is 5.26. The van der Waals surface area contributed by atoms with Gasteiger partial charge in [0.15, 0.2) is 9.84 Å². The second-order valence-electron chi connectivity index (χ2n) is 5.25. The molecule has 0 unspecified atom stereocenters. The lowest BCUT2D eigenvalue weighted by Crippen LogP contribution is -2.09. The molecule has 0 aliphatic carbocycles. The smallest absolute Gasteiger partial charge is 0.293 e. The summed E-state index contributed by atoms with van der Waals surface area (Å²) in [6, 6.07) is 8.50. The molecule has 0 amide bonds. The standard InChI is InChI=1S/C15H14Cl2N2O4S/c1-9(10-3-5-12(16)13(17)7-10)18-14-6-4-11(24(2,22)23)8-15(14)19(20)21/h3-9,18H,1-2H3/t9-/m1/s1. The Morgan fingerprint density at radius 1 is 1.12 bits per heavy atom. The fourth-order valence-corrected chi connectivity index (χ4v) is 3.06. The van der Waals surface area contributed by atoms with Gasteiger partial charge >= 0.3 is 0 Å². The van der Waals surface area contributed by atoms with Crippen LogP contribution in [0.2, 0.25) is 10.0 Å². The van der Waals surface area contributed by atoms with E-state index in [9.17, 15) is 18.5 Å². The summed E-state index contributed by atoms with van der Waals surface area (Å²) in [5.74, 6) is 0. The van der Waals surface area contributed by atoms with Gasteiger partial charge in [0.05, 0.1) is 19.9 Å². The molecule has 0 saturated heterocycles. The third-order valence-electron chi connectivity index (χ3n) is 3.41. The average Bonchev–Trinajstić information content (AvgIpc) is 2.49. The van der Waals surface area contributed by atoms with Crippen molar-refractivity contribution in [2.24, 2.45) is 0 Å². The molecule has 0 radical (unpaired) electrons. The molecule has 0 heterocycles. The minimum Gasteiger partial charge on any atom is -0.373 e. The molecule has 0 saturated carbocycles. The van der Waals surface area contributed by atoms with E-state index in [4.69, 9.17) is 23.2 Å². The average molecular weight is 389 g/mol. The van der Waals surface area contributed by atoms with Crippen LogP contribution in [0.15, 0.2) is 41.3 Å². The van der Waals surface area contributed by atoms with Gasteiger partial charge < -0.3 is 5.32 Å². The molecule has 0 aromatic heterocycles. The normalized spacial score (nSPS) is 12.7. The van der Waals surface area contributed by atoms with Crippen LogP contribution in [0, 0.1) is 10.1 Å². The molecule has 2 aromatic rings. The molecule has 0 aliphatic rings. The van der Waals surface area contributed by atoms with Gasteiger partial charge in [-0.2, -0.15) is 0 Å². The van der Waals surface area contributed by atoms with Crippen molar-refractivity contribution in [2.45, 2.75) is 17.9 Å². The van der Waals surface area contributed by atoms with E-state index in [1.54, 1.807) is 25.1 Å². The molecule has 0 aliphatic heterocycles. The zero-order valence-corrected chi connectivity index (χ0v) is 15.1. The van der Waals surface area contributed by atoms with Gasteiger partial charge in [0.1, 0.15) is 5.69 Å². The first-order valence-electron chi connectivity index (χ1n) is 6.79. The highest BCUT2D eigenvalue weighted by Crippen LogP contribution is 2.32. The minimum atomic E-state index is -3.53. The third kappa shape index (κ3) is 4.17. The fraction of sp³-hybridized carbons (Fsp3) is 0.200. The number of nitro groups is 1. The van der Waals surface area contributed by atoms with Crippen molar-refractivity contribution in [3.8, 4) is 0 Å². The predicted molar refractivity (Wildman–Crippen MR) is 94.7 cm³/mol. The van der Waals surface area contributed by atoms with Crippen LogP contribution < -0.4 is 5.32 Å². The largest absolute Gasteiger partial charge is 0.373 e. The van der Waals surface area contributed by atoms with Crippen LogP contribution in [0.3, 0.4) is 0 Å². The Bertz CT molecular complexity index is 900. The molecule has 24 heavy (non-hydrogen) atoms. The van der Waals surface area contributed by atoms with Crippen molar-refractivity contribution in [3.05, 3.63) is 62.1 Å². The Labute approximate surface area is 149 Å². The molecule has 2 rings (SSSR count). The summed E-state index contributed by atoms with van der Waals surface area (Å²) < 4.78 is 23.1. The number of hydrogen-bond donors (Lipinski definition) is 1. The summed E-state index contributed by atoms with van der Waals surface area (Å²) >= 11 is 11.9. The van der Waals surface area contributed by atoms with Crippen molar-refractivity contribution in [1.29, 1.82) is 0 Å². The summed E-state index contributed by atoms with van der Waals surface area (Å²) in [6.07, 6.45) is 0.998. The van der Waals surface area contributed by atoms with Gasteiger partial charge in [0.25, 0.3) is 5.69 Å². The van der Waals surface area contributed by atoms with Crippen LogP contribution in [-0.2, 0) is 9.84 Å². The van der Waals surface area contributed by atoms with Gasteiger partial charge in [-0.3, -0.25) is 10.1 Å². The monoisotopic (exact) mass is 388 g/mol. The molecule has 1 N–H and O–H groups in total. The fourth-order valence-electron chi connectivity index (χ4n) is 2.11. The summed E-state index contributed by atoms with van der Waals surface area (Å²) in [7, 11) is -3.53. The SMILES string of the molecule is C[C@@H](Nc1ccc(S(C)(=O)=O)cc1[N+](=O)[O-])c1ccc(Cl)c(Cl)c1. The number of sulfone groups is 1. The lowest BCUT2D eigenvalue weighted by atomic mass is 10.1. The van der Waals surface area contributed by atoms with E-state index in [-0.39, 0.29) is 22.3 Å². The van der Waals surface area contributed by atoms with E-state index < -0.39 is 14.8 Å². The van der Waals surface area contributed by atoms with Crippen LogP contribution in [0.1, 0.15) is 18.5 Å². The van der Waals surface area contributed by atoms with Gasteiger partial charge in [0.2, 0.25) is 0 Å². The Balaban J connectivity index is 2.38. The summed E-state index contributed by atoms with van der Waals surface area (Å²) in [4.78, 5) is 10.5. The second-order valence-corrected chi connectivity index (χ2v) is 8.08. The summed E-state index contributed by atoms with van der Waals surface area (Å²) in [5, 5.41) is 15.0. The number of anilines is 1. The Hall–Kier alpha value is -1.83. The van der Waals surface area contributed by atoms with Crippen LogP contribution in [-0.4, -0.2) is 19.6 Å². The lowest BCUT2D eigenvalue weighted by Gasteiger charge is -2.16. The van der Waals surface area contributed by atoms with Crippen LogP contribution in [0.5, 0.6) is 0 Å². The van der Waals surface area contributed by atoms with Gasteiger partial charge in [-0.15, -0.1) is 0 Å². The topological polar surface area (TPSA) is 89.3 Å².